The molecule has 0 radical (unpaired) electrons. The van der Waals surface area contributed by atoms with Gasteiger partial charge in [-0.2, -0.15) is 0 Å². The average Bonchev–Trinajstić information content (AvgIpc) is 3.03. The largest absolute Gasteiger partial charge is 0.394 e. The van der Waals surface area contributed by atoms with Crippen molar-refractivity contribution in [2.75, 3.05) is 6.61 Å². The fourth-order valence-corrected chi connectivity index (χ4v) is 4.89. The summed E-state index contributed by atoms with van der Waals surface area (Å²) in [4.78, 5) is 12.3. The number of allylic oxidation sites excluding steroid dienone is 11. The van der Waals surface area contributed by atoms with Crippen LogP contribution in [0.1, 0.15) is 155 Å². The van der Waals surface area contributed by atoms with Crippen molar-refractivity contribution < 1.29 is 15.0 Å². The lowest BCUT2D eigenvalue weighted by atomic mass is 10.1. The molecule has 0 saturated carbocycles. The number of amides is 1. The molecule has 4 nitrogen and oxygen atoms in total. The van der Waals surface area contributed by atoms with Gasteiger partial charge in [0.2, 0.25) is 5.91 Å². The number of hydrogen-bond acceptors (Lipinski definition) is 3. The highest BCUT2D eigenvalue weighted by atomic mass is 16.3. The van der Waals surface area contributed by atoms with Crippen LogP contribution in [0.2, 0.25) is 0 Å². The van der Waals surface area contributed by atoms with Crippen LogP contribution in [-0.2, 0) is 4.79 Å². The van der Waals surface area contributed by atoms with E-state index < -0.39 is 12.1 Å². The van der Waals surface area contributed by atoms with Crippen molar-refractivity contribution in [3.05, 3.63) is 72.9 Å². The molecule has 0 aliphatic heterocycles. The maximum atomic E-state index is 12.3. The van der Waals surface area contributed by atoms with Crippen molar-refractivity contribution >= 4 is 5.91 Å². The van der Waals surface area contributed by atoms with Gasteiger partial charge in [0, 0.05) is 6.42 Å². The fourth-order valence-electron chi connectivity index (χ4n) is 4.89. The van der Waals surface area contributed by atoms with E-state index in [1.165, 1.54) is 64.2 Å². The summed E-state index contributed by atoms with van der Waals surface area (Å²) in [6.45, 7) is 4.14. The van der Waals surface area contributed by atoms with E-state index in [2.05, 4.69) is 79.9 Å². The zero-order chi connectivity index (χ0) is 32.2. The van der Waals surface area contributed by atoms with E-state index in [0.29, 0.717) is 6.42 Å². The molecule has 0 heterocycles. The topological polar surface area (TPSA) is 69.6 Å². The molecular formula is C40H69NO3. The lowest BCUT2D eigenvalue weighted by Crippen LogP contribution is -2.45. The van der Waals surface area contributed by atoms with Crippen molar-refractivity contribution in [2.45, 2.75) is 167 Å². The SMILES string of the molecule is CC/C=C\C/C=C\C/C=C\C/C=C\CCCCCCCCC(=O)NC(CO)C(O)/C=C/CC/C=C/CCCCCCCCC. The van der Waals surface area contributed by atoms with E-state index in [4.69, 9.17) is 0 Å². The molecule has 2 atom stereocenters. The van der Waals surface area contributed by atoms with Crippen molar-refractivity contribution in [1.82, 2.24) is 5.32 Å². The molecule has 1 amide bonds. The van der Waals surface area contributed by atoms with E-state index in [0.717, 1.165) is 70.6 Å². The molecule has 4 heteroatoms. The molecule has 252 valence electrons. The summed E-state index contributed by atoms with van der Waals surface area (Å²) in [7, 11) is 0. The van der Waals surface area contributed by atoms with Crippen LogP contribution in [0.25, 0.3) is 0 Å². The van der Waals surface area contributed by atoms with Crippen molar-refractivity contribution in [3.63, 3.8) is 0 Å². The van der Waals surface area contributed by atoms with Crippen LogP contribution in [0, 0.1) is 0 Å². The number of nitrogens with one attached hydrogen (secondary N) is 1. The van der Waals surface area contributed by atoms with Gasteiger partial charge in [-0.25, -0.2) is 0 Å². The van der Waals surface area contributed by atoms with Crippen LogP contribution in [0.3, 0.4) is 0 Å². The number of unbranched alkanes of at least 4 members (excludes halogenated alkanes) is 14. The molecule has 2 unspecified atom stereocenters. The third-order valence-electron chi connectivity index (χ3n) is 7.67. The second kappa shape index (κ2) is 35.3. The van der Waals surface area contributed by atoms with E-state index >= 15 is 0 Å². The standard InChI is InChI=1S/C40H69NO3/c1-3-5-7-9-11-13-15-17-18-19-20-21-22-24-26-28-30-32-34-36-40(44)41-38(37-42)39(43)35-33-31-29-27-25-23-16-14-12-10-8-6-4-2/h5,7,11,13,17-18,20-21,25,27,33,35,38-39,42-43H,3-4,6,8-10,12,14-16,19,22-24,26,28-32,34,36-37H2,1-2H3,(H,41,44)/b7-5-,13-11-,18-17-,21-20-,27-25+,35-33+. The van der Waals surface area contributed by atoms with Crippen molar-refractivity contribution in [2.24, 2.45) is 0 Å². The second-order valence-corrected chi connectivity index (χ2v) is 11.9. The average molecular weight is 612 g/mol. The Bertz CT molecular complexity index is 792. The van der Waals surface area contributed by atoms with Gasteiger partial charge in [0.25, 0.3) is 0 Å². The summed E-state index contributed by atoms with van der Waals surface area (Å²) < 4.78 is 0. The minimum absolute atomic E-state index is 0.0934. The van der Waals surface area contributed by atoms with Crippen LogP contribution in [-0.4, -0.2) is 34.9 Å². The highest BCUT2D eigenvalue weighted by Gasteiger charge is 2.17. The van der Waals surface area contributed by atoms with Crippen LogP contribution >= 0.6 is 0 Å². The molecule has 0 aliphatic carbocycles. The molecule has 0 aliphatic rings. The molecule has 0 aromatic heterocycles. The lowest BCUT2D eigenvalue weighted by Gasteiger charge is -2.19. The minimum Gasteiger partial charge on any atom is -0.394 e. The van der Waals surface area contributed by atoms with Crippen LogP contribution < -0.4 is 5.32 Å². The first-order valence-corrected chi connectivity index (χ1v) is 18.2. The third-order valence-corrected chi connectivity index (χ3v) is 7.67. The van der Waals surface area contributed by atoms with Gasteiger partial charge < -0.3 is 15.5 Å². The predicted octanol–water partition coefficient (Wildman–Crippen LogP) is 10.8. The molecule has 0 saturated heterocycles. The van der Waals surface area contributed by atoms with Crippen LogP contribution in [0.5, 0.6) is 0 Å². The Morgan fingerprint density at radius 2 is 1.02 bits per heavy atom. The van der Waals surface area contributed by atoms with Gasteiger partial charge >= 0.3 is 0 Å². The first-order chi connectivity index (χ1) is 21.7. The fraction of sp³-hybridized carbons (Fsp3) is 0.675. The van der Waals surface area contributed by atoms with Crippen molar-refractivity contribution in [1.29, 1.82) is 0 Å². The molecule has 0 aromatic rings. The number of aliphatic hydroxyl groups is 2. The second-order valence-electron chi connectivity index (χ2n) is 11.9. The molecule has 0 aromatic carbocycles. The van der Waals surface area contributed by atoms with Gasteiger partial charge in [-0.05, 0) is 70.6 Å². The maximum absolute atomic E-state index is 12.3. The van der Waals surface area contributed by atoms with Crippen LogP contribution in [0.15, 0.2) is 72.9 Å². The number of carbonyl (C=O) groups is 1. The van der Waals surface area contributed by atoms with Gasteiger partial charge in [0.05, 0.1) is 18.8 Å². The van der Waals surface area contributed by atoms with Gasteiger partial charge in [-0.3, -0.25) is 4.79 Å². The van der Waals surface area contributed by atoms with Crippen molar-refractivity contribution in [3.8, 4) is 0 Å². The zero-order valence-electron chi connectivity index (χ0n) is 28.6. The number of carbonyl (C=O) groups excluding carboxylic acids is 1. The zero-order valence-corrected chi connectivity index (χ0v) is 28.6. The van der Waals surface area contributed by atoms with Gasteiger partial charge in [0.1, 0.15) is 0 Å². The monoisotopic (exact) mass is 612 g/mol. The first kappa shape index (κ1) is 41.8. The number of rotatable bonds is 31. The minimum atomic E-state index is -0.870. The van der Waals surface area contributed by atoms with Gasteiger partial charge in [0.15, 0.2) is 0 Å². The van der Waals surface area contributed by atoms with E-state index in [1.54, 1.807) is 6.08 Å². The summed E-state index contributed by atoms with van der Waals surface area (Å²) in [6, 6.07) is -0.648. The quantitative estimate of drug-likeness (QED) is 0.0539. The Hall–Kier alpha value is -2.17. The highest BCUT2D eigenvalue weighted by Crippen LogP contribution is 2.11. The summed E-state index contributed by atoms with van der Waals surface area (Å²) in [5.41, 5.74) is 0. The molecule has 3 N–H and O–H groups in total. The molecule has 0 fully saturated rings. The van der Waals surface area contributed by atoms with Gasteiger partial charge in [-0.15, -0.1) is 0 Å². The molecule has 44 heavy (non-hydrogen) atoms. The summed E-state index contributed by atoms with van der Waals surface area (Å²) >= 11 is 0. The predicted molar refractivity (Wildman–Crippen MR) is 193 cm³/mol. The Morgan fingerprint density at radius 3 is 1.59 bits per heavy atom. The lowest BCUT2D eigenvalue weighted by molar-refractivity contribution is -0.123. The summed E-state index contributed by atoms with van der Waals surface area (Å²) in [5.74, 6) is -0.0934. The number of hydrogen-bond donors (Lipinski definition) is 3. The third kappa shape index (κ3) is 31.3. The van der Waals surface area contributed by atoms with E-state index in [9.17, 15) is 15.0 Å². The Balaban J connectivity index is 3.73. The summed E-state index contributed by atoms with van der Waals surface area (Å²) in [5, 5.41) is 22.8. The molecular weight excluding hydrogens is 542 g/mol. The molecule has 0 spiro atoms. The smallest absolute Gasteiger partial charge is 0.220 e. The first-order valence-electron chi connectivity index (χ1n) is 18.2. The Labute approximate surface area is 272 Å². The van der Waals surface area contributed by atoms with Gasteiger partial charge in [-0.1, -0.05) is 151 Å². The molecule has 0 bridgehead atoms. The normalized spacial score (nSPS) is 14.0. The van der Waals surface area contributed by atoms with E-state index in [-0.39, 0.29) is 12.5 Å². The maximum Gasteiger partial charge on any atom is 0.220 e. The van der Waals surface area contributed by atoms with Crippen LogP contribution in [0.4, 0.5) is 0 Å². The van der Waals surface area contributed by atoms with E-state index in [1.807, 2.05) is 6.08 Å². The highest BCUT2D eigenvalue weighted by molar-refractivity contribution is 5.76. The molecule has 0 rings (SSSR count). The summed E-state index contributed by atoms with van der Waals surface area (Å²) in [6.07, 6.45) is 49.8. The number of aliphatic hydroxyl groups excluding tert-OH is 2. The Kier molecular flexibility index (Phi) is 33.6. The Morgan fingerprint density at radius 1 is 0.568 bits per heavy atom.